The van der Waals surface area contributed by atoms with E-state index in [0.29, 0.717) is 0 Å². The SMILES string of the molecule is Cl.[NaH].[NaH].[NaH].[NaH]. The molecule has 0 atom stereocenters. The molecule has 0 aromatic carbocycles. The van der Waals surface area contributed by atoms with Crippen LogP contribution >= 0.6 is 12.4 Å². The molecule has 0 saturated carbocycles. The molecule has 0 saturated heterocycles. The summed E-state index contributed by atoms with van der Waals surface area (Å²) in [6.45, 7) is 0. The average molecular weight is 132 g/mol. The fourth-order valence-corrected chi connectivity index (χ4v) is 0. The van der Waals surface area contributed by atoms with Gasteiger partial charge < -0.3 is 0 Å². The molecular weight excluding hydrogens is 127 g/mol. The van der Waals surface area contributed by atoms with Gasteiger partial charge in [0.05, 0.1) is 0 Å². The van der Waals surface area contributed by atoms with E-state index in [4.69, 9.17) is 0 Å². The molecule has 0 rings (SSSR count). The number of rotatable bonds is 0. The van der Waals surface area contributed by atoms with Gasteiger partial charge in [0.1, 0.15) is 0 Å². The molecule has 5 heteroatoms. The van der Waals surface area contributed by atoms with Crippen molar-refractivity contribution in [1.29, 1.82) is 0 Å². The van der Waals surface area contributed by atoms with Gasteiger partial charge in [-0.3, -0.25) is 0 Å². The second-order valence-corrected chi connectivity index (χ2v) is 0. The second kappa shape index (κ2) is 23.9. The van der Waals surface area contributed by atoms with Crippen molar-refractivity contribution in [3.05, 3.63) is 0 Å². The summed E-state index contributed by atoms with van der Waals surface area (Å²) >= 11 is 0. The molecule has 0 N–H and O–H groups in total. The molecule has 0 unspecified atom stereocenters. The third-order valence-electron chi connectivity index (χ3n) is 0. The van der Waals surface area contributed by atoms with Gasteiger partial charge in [-0.25, -0.2) is 0 Å². The first kappa shape index (κ1) is 34.7. The predicted octanol–water partition coefficient (Wildman–Crippen LogP) is -2.17. The molecule has 0 fully saturated rings. The van der Waals surface area contributed by atoms with Crippen LogP contribution < -0.4 is 0 Å². The Hall–Kier alpha value is 4.29. The van der Waals surface area contributed by atoms with Crippen LogP contribution in [0.25, 0.3) is 0 Å². The third-order valence-corrected chi connectivity index (χ3v) is 0. The Morgan fingerprint density at radius 2 is 0.400 bits per heavy atom. The Morgan fingerprint density at radius 3 is 0.400 bits per heavy atom. The number of halogens is 1. The van der Waals surface area contributed by atoms with E-state index in [0.717, 1.165) is 0 Å². The zero-order valence-corrected chi connectivity index (χ0v) is 1.22. The summed E-state index contributed by atoms with van der Waals surface area (Å²) in [5.74, 6) is 0. The van der Waals surface area contributed by atoms with E-state index < -0.39 is 0 Å². The molecule has 5 heavy (non-hydrogen) atoms. The standard InChI is InChI=1S/ClH.4Na.4H/h1H;;;;;;;;. The topological polar surface area (TPSA) is 0 Å². The first-order valence-electron chi connectivity index (χ1n) is 0. The molecule has 0 bridgehead atoms. The summed E-state index contributed by atoms with van der Waals surface area (Å²) in [6.07, 6.45) is 0. The number of hydrogen-bond acceptors (Lipinski definition) is 0. The van der Waals surface area contributed by atoms with Gasteiger partial charge in [-0.1, -0.05) is 0 Å². The van der Waals surface area contributed by atoms with Gasteiger partial charge >= 0.3 is 118 Å². The molecule has 0 nitrogen and oxygen atoms in total. The van der Waals surface area contributed by atoms with E-state index in [-0.39, 0.29) is 131 Å². The Morgan fingerprint density at radius 1 is 0.400 bits per heavy atom. The Bertz CT molecular complexity index is 3.61. The normalized spacial score (nSPS) is 0. The van der Waals surface area contributed by atoms with Crippen LogP contribution in [0.4, 0.5) is 0 Å². The number of hydrogen-bond donors (Lipinski definition) is 0. The Labute approximate surface area is 127 Å². The van der Waals surface area contributed by atoms with Gasteiger partial charge in [0.2, 0.25) is 0 Å². The summed E-state index contributed by atoms with van der Waals surface area (Å²) in [4.78, 5) is 0. The van der Waals surface area contributed by atoms with E-state index >= 15 is 0 Å². The fourth-order valence-electron chi connectivity index (χ4n) is 0. The van der Waals surface area contributed by atoms with Crippen molar-refractivity contribution < 1.29 is 0 Å². The van der Waals surface area contributed by atoms with E-state index in [1.807, 2.05) is 0 Å². The van der Waals surface area contributed by atoms with Gasteiger partial charge in [0.15, 0.2) is 0 Å². The van der Waals surface area contributed by atoms with Gasteiger partial charge in [-0.2, -0.15) is 0 Å². The van der Waals surface area contributed by atoms with Crippen LogP contribution in [0.15, 0.2) is 0 Å². The summed E-state index contributed by atoms with van der Waals surface area (Å²) < 4.78 is 0. The average Bonchev–Trinajstić information content (AvgIpc) is 0. The third kappa shape index (κ3) is 17.8. The van der Waals surface area contributed by atoms with Crippen LogP contribution in [0.1, 0.15) is 0 Å². The van der Waals surface area contributed by atoms with E-state index in [1.165, 1.54) is 0 Å². The van der Waals surface area contributed by atoms with Crippen molar-refractivity contribution in [3.8, 4) is 0 Å². The summed E-state index contributed by atoms with van der Waals surface area (Å²) in [6, 6.07) is 0. The van der Waals surface area contributed by atoms with Crippen molar-refractivity contribution in [2.24, 2.45) is 0 Å². The van der Waals surface area contributed by atoms with Crippen LogP contribution in [-0.2, 0) is 0 Å². The maximum atomic E-state index is 0. The van der Waals surface area contributed by atoms with Gasteiger partial charge in [0.25, 0.3) is 0 Å². The van der Waals surface area contributed by atoms with Crippen molar-refractivity contribution in [2.75, 3.05) is 0 Å². The molecule has 0 aliphatic rings. The Balaban J connectivity index is 0. The van der Waals surface area contributed by atoms with Gasteiger partial charge in [-0.05, 0) is 0 Å². The summed E-state index contributed by atoms with van der Waals surface area (Å²) in [5.41, 5.74) is 0. The van der Waals surface area contributed by atoms with Crippen molar-refractivity contribution in [2.45, 2.75) is 0 Å². The van der Waals surface area contributed by atoms with E-state index in [2.05, 4.69) is 0 Å². The van der Waals surface area contributed by atoms with Crippen molar-refractivity contribution >= 4 is 131 Å². The quantitative estimate of drug-likeness (QED) is 0.329. The van der Waals surface area contributed by atoms with Crippen LogP contribution in [0, 0.1) is 0 Å². The molecule has 0 heterocycles. The van der Waals surface area contributed by atoms with Crippen LogP contribution in [0.3, 0.4) is 0 Å². The van der Waals surface area contributed by atoms with Crippen molar-refractivity contribution in [3.63, 3.8) is 0 Å². The molecule has 0 amide bonds. The predicted molar refractivity (Wildman–Crippen MR) is 35.8 cm³/mol. The van der Waals surface area contributed by atoms with E-state index in [1.54, 1.807) is 0 Å². The zero-order valence-electron chi connectivity index (χ0n) is 0.408. The van der Waals surface area contributed by atoms with Crippen molar-refractivity contribution in [1.82, 2.24) is 0 Å². The zero-order chi connectivity index (χ0) is 0. The summed E-state index contributed by atoms with van der Waals surface area (Å²) in [5, 5.41) is 0. The van der Waals surface area contributed by atoms with Gasteiger partial charge in [0, 0.05) is 0 Å². The molecule has 0 aromatic heterocycles. The molecule has 0 aromatic rings. The minimum atomic E-state index is 0. The molecular formula is H5ClNa4. The van der Waals surface area contributed by atoms with Crippen LogP contribution in [0.5, 0.6) is 0 Å². The molecule has 0 radical (unpaired) electrons. The summed E-state index contributed by atoms with van der Waals surface area (Å²) in [7, 11) is 0. The fraction of sp³-hybridized carbons (Fsp3) is 0. The first-order valence-corrected chi connectivity index (χ1v) is 0. The molecule has 0 spiro atoms. The van der Waals surface area contributed by atoms with E-state index in [9.17, 15) is 0 Å². The van der Waals surface area contributed by atoms with Crippen LogP contribution in [0.2, 0.25) is 0 Å². The Kier molecular flexibility index (Phi) is 166. The molecule has 0 aliphatic heterocycles. The maximum absolute atomic E-state index is 0. The molecule has 16 valence electrons. The minimum absolute atomic E-state index is 0. The second-order valence-electron chi connectivity index (χ2n) is 0. The monoisotopic (exact) mass is 132 g/mol. The van der Waals surface area contributed by atoms with Gasteiger partial charge in [-0.15, -0.1) is 12.4 Å². The molecule has 0 aliphatic carbocycles. The first-order chi connectivity index (χ1) is 0. The van der Waals surface area contributed by atoms with Crippen LogP contribution in [-0.4, -0.2) is 118 Å².